The van der Waals surface area contributed by atoms with E-state index in [1.165, 1.54) is 11.8 Å². The summed E-state index contributed by atoms with van der Waals surface area (Å²) >= 11 is 1.36. The SMILES string of the molecule is COc1ccc(C)cc1NC(=O)CSc1ccc(N2CCN(c3ccccc3OC)CC2)nn1. The lowest BCUT2D eigenvalue weighted by Crippen LogP contribution is -2.47. The molecule has 178 valence electrons. The van der Waals surface area contributed by atoms with Crippen molar-refractivity contribution in [3.63, 3.8) is 0 Å². The van der Waals surface area contributed by atoms with Gasteiger partial charge in [0, 0.05) is 26.2 Å². The van der Waals surface area contributed by atoms with E-state index in [0.29, 0.717) is 16.5 Å². The predicted molar refractivity (Wildman–Crippen MR) is 137 cm³/mol. The highest BCUT2D eigenvalue weighted by Gasteiger charge is 2.20. The van der Waals surface area contributed by atoms with Crippen molar-refractivity contribution in [3.8, 4) is 11.5 Å². The third-order valence-electron chi connectivity index (χ3n) is 5.64. The van der Waals surface area contributed by atoms with Crippen molar-refractivity contribution in [3.05, 3.63) is 60.2 Å². The summed E-state index contributed by atoms with van der Waals surface area (Å²) < 4.78 is 10.8. The van der Waals surface area contributed by atoms with E-state index >= 15 is 0 Å². The van der Waals surface area contributed by atoms with Crippen LogP contribution in [0.5, 0.6) is 11.5 Å². The van der Waals surface area contributed by atoms with Crippen LogP contribution in [0.4, 0.5) is 17.2 Å². The number of carbonyl (C=O) groups excluding carboxylic acids is 1. The number of benzene rings is 2. The molecular formula is C25H29N5O3S. The number of aromatic nitrogens is 2. The summed E-state index contributed by atoms with van der Waals surface area (Å²) in [6, 6.07) is 17.7. The van der Waals surface area contributed by atoms with Crippen LogP contribution >= 0.6 is 11.8 Å². The molecule has 0 aliphatic carbocycles. The lowest BCUT2D eigenvalue weighted by atomic mass is 10.2. The van der Waals surface area contributed by atoms with Crippen molar-refractivity contribution in [2.75, 3.05) is 61.3 Å². The smallest absolute Gasteiger partial charge is 0.234 e. The van der Waals surface area contributed by atoms with Crippen LogP contribution in [-0.4, -0.2) is 62.3 Å². The number of methoxy groups -OCH3 is 2. The van der Waals surface area contributed by atoms with Crippen molar-refractivity contribution < 1.29 is 14.3 Å². The standard InChI is InChI=1S/C25H29N5O3S/c1-18-8-9-21(32-2)19(16-18)26-24(31)17-34-25-11-10-23(27-28-25)30-14-12-29(13-15-30)20-6-4-5-7-22(20)33-3/h4-11,16H,12-15,17H2,1-3H3,(H,26,31). The summed E-state index contributed by atoms with van der Waals surface area (Å²) in [5.74, 6) is 2.49. The van der Waals surface area contributed by atoms with Crippen LogP contribution in [0.1, 0.15) is 5.56 Å². The van der Waals surface area contributed by atoms with Gasteiger partial charge < -0.3 is 24.6 Å². The molecule has 0 bridgehead atoms. The zero-order valence-corrected chi connectivity index (χ0v) is 20.5. The Kier molecular flexibility index (Phi) is 7.74. The second-order valence-corrected chi connectivity index (χ2v) is 8.91. The molecule has 1 fully saturated rings. The molecule has 0 spiro atoms. The minimum atomic E-state index is -0.118. The molecule has 9 heteroatoms. The maximum atomic E-state index is 12.4. The first-order chi connectivity index (χ1) is 16.6. The van der Waals surface area contributed by atoms with Crippen molar-refractivity contribution >= 4 is 34.9 Å². The largest absolute Gasteiger partial charge is 0.495 e. The number of thioether (sulfide) groups is 1. The zero-order valence-electron chi connectivity index (χ0n) is 19.7. The molecule has 1 aromatic heterocycles. The van der Waals surface area contributed by atoms with Crippen molar-refractivity contribution in [2.45, 2.75) is 11.9 Å². The molecule has 2 heterocycles. The number of nitrogens with one attached hydrogen (secondary N) is 1. The number of hydrogen-bond acceptors (Lipinski definition) is 8. The first-order valence-corrected chi connectivity index (χ1v) is 12.1. The highest BCUT2D eigenvalue weighted by atomic mass is 32.2. The molecule has 1 N–H and O–H groups in total. The summed E-state index contributed by atoms with van der Waals surface area (Å²) in [6.07, 6.45) is 0. The molecule has 8 nitrogen and oxygen atoms in total. The highest BCUT2D eigenvalue weighted by Crippen LogP contribution is 2.29. The molecule has 2 aromatic carbocycles. The monoisotopic (exact) mass is 479 g/mol. The number of nitrogens with zero attached hydrogens (tertiary/aromatic N) is 4. The molecule has 0 unspecified atom stereocenters. The van der Waals surface area contributed by atoms with E-state index in [4.69, 9.17) is 9.47 Å². The molecule has 0 saturated carbocycles. The van der Waals surface area contributed by atoms with Gasteiger partial charge in [0.15, 0.2) is 5.82 Å². The number of amides is 1. The lowest BCUT2D eigenvalue weighted by molar-refractivity contribution is -0.113. The van der Waals surface area contributed by atoms with Gasteiger partial charge in [-0.1, -0.05) is 30.0 Å². The van der Waals surface area contributed by atoms with Gasteiger partial charge in [0.2, 0.25) is 5.91 Å². The van der Waals surface area contributed by atoms with Gasteiger partial charge in [0.1, 0.15) is 16.5 Å². The molecule has 34 heavy (non-hydrogen) atoms. The number of rotatable bonds is 8. The predicted octanol–water partition coefficient (Wildman–Crippen LogP) is 3.86. The average molecular weight is 480 g/mol. The van der Waals surface area contributed by atoms with E-state index in [1.54, 1.807) is 14.2 Å². The maximum Gasteiger partial charge on any atom is 0.234 e. The Hall–Kier alpha value is -3.46. The quantitative estimate of drug-likeness (QED) is 0.488. The normalized spacial score (nSPS) is 13.5. The first-order valence-electron chi connectivity index (χ1n) is 11.1. The highest BCUT2D eigenvalue weighted by molar-refractivity contribution is 7.99. The number of hydrogen-bond donors (Lipinski definition) is 1. The van der Waals surface area contributed by atoms with Crippen LogP contribution in [-0.2, 0) is 4.79 Å². The van der Waals surface area contributed by atoms with Gasteiger partial charge in [-0.2, -0.15) is 0 Å². The fourth-order valence-corrected chi connectivity index (χ4v) is 4.49. The summed E-state index contributed by atoms with van der Waals surface area (Å²) in [5.41, 5.74) is 2.83. The molecule has 0 radical (unpaired) electrons. The Morgan fingerprint density at radius 2 is 1.68 bits per heavy atom. The van der Waals surface area contributed by atoms with Crippen LogP contribution in [0.25, 0.3) is 0 Å². The summed E-state index contributed by atoms with van der Waals surface area (Å²) in [4.78, 5) is 17.0. The minimum Gasteiger partial charge on any atom is -0.495 e. The van der Waals surface area contributed by atoms with E-state index in [9.17, 15) is 4.79 Å². The molecule has 3 aromatic rings. The molecule has 1 amide bonds. The Morgan fingerprint density at radius 3 is 2.38 bits per heavy atom. The van der Waals surface area contributed by atoms with Crippen LogP contribution in [0, 0.1) is 6.92 Å². The number of anilines is 3. The van der Waals surface area contributed by atoms with E-state index in [-0.39, 0.29) is 11.7 Å². The van der Waals surface area contributed by atoms with Gasteiger partial charge in [0.25, 0.3) is 0 Å². The van der Waals surface area contributed by atoms with Gasteiger partial charge in [0.05, 0.1) is 31.3 Å². The fraction of sp³-hybridized carbons (Fsp3) is 0.320. The second-order valence-electron chi connectivity index (χ2n) is 7.92. The Bertz CT molecular complexity index is 1120. The number of carbonyl (C=O) groups is 1. The number of ether oxygens (including phenoxy) is 2. The number of piperazine rings is 1. The molecule has 0 atom stereocenters. The van der Waals surface area contributed by atoms with Crippen molar-refractivity contribution in [2.24, 2.45) is 0 Å². The van der Waals surface area contributed by atoms with E-state index in [2.05, 4.69) is 31.4 Å². The third kappa shape index (κ3) is 5.72. The molecular weight excluding hydrogens is 450 g/mol. The molecule has 1 aliphatic rings. The van der Waals surface area contributed by atoms with Gasteiger partial charge in [-0.15, -0.1) is 10.2 Å². The average Bonchev–Trinajstić information content (AvgIpc) is 2.88. The van der Waals surface area contributed by atoms with Gasteiger partial charge in [-0.3, -0.25) is 4.79 Å². The number of aryl methyl sites for hydroxylation is 1. The third-order valence-corrected chi connectivity index (χ3v) is 6.56. The Balaban J connectivity index is 1.28. The van der Waals surface area contributed by atoms with Crippen molar-refractivity contribution in [1.82, 2.24) is 10.2 Å². The van der Waals surface area contributed by atoms with E-state index in [1.807, 2.05) is 55.5 Å². The van der Waals surface area contributed by atoms with Crippen LogP contribution < -0.4 is 24.6 Å². The molecule has 1 saturated heterocycles. The Morgan fingerprint density at radius 1 is 0.941 bits per heavy atom. The van der Waals surface area contributed by atoms with Gasteiger partial charge in [-0.25, -0.2) is 0 Å². The van der Waals surface area contributed by atoms with Crippen molar-refractivity contribution in [1.29, 1.82) is 0 Å². The van der Waals surface area contributed by atoms with Gasteiger partial charge >= 0.3 is 0 Å². The van der Waals surface area contributed by atoms with Crippen LogP contribution in [0.3, 0.4) is 0 Å². The van der Waals surface area contributed by atoms with E-state index < -0.39 is 0 Å². The second kappa shape index (κ2) is 11.1. The molecule has 4 rings (SSSR count). The van der Waals surface area contributed by atoms with E-state index in [0.717, 1.165) is 49.0 Å². The topological polar surface area (TPSA) is 79.8 Å². The summed E-state index contributed by atoms with van der Waals surface area (Å²) in [6.45, 7) is 5.42. The van der Waals surface area contributed by atoms with Gasteiger partial charge in [-0.05, 0) is 48.9 Å². The summed E-state index contributed by atoms with van der Waals surface area (Å²) in [7, 11) is 3.29. The fourth-order valence-electron chi connectivity index (χ4n) is 3.87. The number of para-hydroxylation sites is 2. The zero-order chi connectivity index (χ0) is 23.9. The minimum absolute atomic E-state index is 0.118. The maximum absolute atomic E-state index is 12.4. The van der Waals surface area contributed by atoms with Crippen LogP contribution in [0.15, 0.2) is 59.6 Å². The van der Waals surface area contributed by atoms with Crippen LogP contribution in [0.2, 0.25) is 0 Å². The lowest BCUT2D eigenvalue weighted by Gasteiger charge is -2.37. The summed E-state index contributed by atoms with van der Waals surface area (Å²) in [5, 5.41) is 12.3. The first kappa shape index (κ1) is 23.7. The Labute approximate surface area is 204 Å². The molecule has 1 aliphatic heterocycles.